The van der Waals surface area contributed by atoms with Crippen LogP contribution in [-0.2, 0) is 10.2 Å². The number of hydrogen-bond donors (Lipinski definition) is 1. The van der Waals surface area contributed by atoms with Gasteiger partial charge in [-0.2, -0.15) is 17.0 Å². The summed E-state index contributed by atoms with van der Waals surface area (Å²) < 4.78 is 29.6. The minimum absolute atomic E-state index is 0.360. The Morgan fingerprint density at radius 2 is 1.52 bits per heavy atom. The van der Waals surface area contributed by atoms with Gasteiger partial charge in [0, 0.05) is 31.7 Å². The molecule has 0 unspecified atom stereocenters. The van der Waals surface area contributed by atoms with E-state index in [0.717, 1.165) is 44.9 Å². The van der Waals surface area contributed by atoms with Crippen LogP contribution in [0.4, 0.5) is 0 Å². The molecule has 0 amide bonds. The summed E-state index contributed by atoms with van der Waals surface area (Å²) in [6.07, 6.45) is 9.48. The van der Waals surface area contributed by atoms with Gasteiger partial charge in [-0.05, 0) is 25.7 Å². The highest BCUT2D eigenvalue weighted by Gasteiger charge is 2.44. The zero-order chi connectivity index (χ0) is 15.3. The Kier molecular flexibility index (Phi) is 6.05. The molecule has 0 spiro atoms. The normalized spacial score (nSPS) is 24.9. The molecule has 2 rings (SSSR count). The Hall–Kier alpha value is -0.170. The van der Waals surface area contributed by atoms with Crippen molar-refractivity contribution in [3.05, 3.63) is 0 Å². The van der Waals surface area contributed by atoms with Crippen molar-refractivity contribution in [1.29, 1.82) is 0 Å². The van der Waals surface area contributed by atoms with E-state index in [1.807, 2.05) is 6.92 Å². The fraction of sp³-hybridized carbons (Fsp3) is 1.00. The second-order valence-corrected chi connectivity index (χ2v) is 8.33. The van der Waals surface area contributed by atoms with Crippen molar-refractivity contribution in [2.45, 2.75) is 70.3 Å². The van der Waals surface area contributed by atoms with Crippen molar-refractivity contribution >= 4 is 10.2 Å². The van der Waals surface area contributed by atoms with E-state index >= 15 is 0 Å². The van der Waals surface area contributed by atoms with Crippen molar-refractivity contribution in [2.24, 2.45) is 5.73 Å². The lowest BCUT2D eigenvalue weighted by Crippen LogP contribution is -2.59. The maximum atomic E-state index is 13.1. The molecule has 1 saturated heterocycles. The summed E-state index contributed by atoms with van der Waals surface area (Å²) >= 11 is 0. The van der Waals surface area contributed by atoms with Crippen LogP contribution in [0.1, 0.15) is 64.7 Å². The molecule has 0 aromatic heterocycles. The predicted octanol–water partition coefficient (Wildman–Crippen LogP) is 2.09. The topological polar surface area (TPSA) is 66.6 Å². The number of piperidine rings is 1. The summed E-state index contributed by atoms with van der Waals surface area (Å²) in [6, 6.07) is 0. The van der Waals surface area contributed by atoms with Gasteiger partial charge in [-0.3, -0.25) is 0 Å². The summed E-state index contributed by atoms with van der Waals surface area (Å²) in [5.41, 5.74) is 5.73. The first kappa shape index (κ1) is 17.2. The van der Waals surface area contributed by atoms with Gasteiger partial charge in [0.05, 0.1) is 0 Å². The lowest BCUT2D eigenvalue weighted by molar-refractivity contribution is 0.158. The van der Waals surface area contributed by atoms with E-state index < -0.39 is 10.2 Å². The third-order valence-electron chi connectivity index (χ3n) is 5.15. The lowest BCUT2D eigenvalue weighted by Gasteiger charge is -2.44. The Bertz CT molecular complexity index is 411. The molecule has 5 nitrogen and oxygen atoms in total. The molecule has 0 radical (unpaired) electrons. The molecule has 1 saturated carbocycles. The van der Waals surface area contributed by atoms with Crippen molar-refractivity contribution in [2.75, 3.05) is 26.2 Å². The van der Waals surface area contributed by atoms with E-state index in [4.69, 9.17) is 5.73 Å². The molecule has 2 aliphatic rings. The highest BCUT2D eigenvalue weighted by Crippen LogP contribution is 2.35. The van der Waals surface area contributed by atoms with Gasteiger partial charge in [-0.1, -0.05) is 39.0 Å². The minimum Gasteiger partial charge on any atom is -0.329 e. The molecule has 2 N–H and O–H groups in total. The number of nitrogens with two attached hydrogens (primary N) is 1. The van der Waals surface area contributed by atoms with Crippen LogP contribution >= 0.6 is 0 Å². The van der Waals surface area contributed by atoms with Crippen LogP contribution in [0.5, 0.6) is 0 Å². The first-order valence-electron chi connectivity index (χ1n) is 8.55. The minimum atomic E-state index is -3.37. The van der Waals surface area contributed by atoms with E-state index in [1.165, 1.54) is 12.8 Å². The molecule has 1 heterocycles. The number of nitrogens with zero attached hydrogens (tertiary/aromatic N) is 2. The molecule has 1 aliphatic carbocycles. The molecule has 1 aliphatic heterocycles. The van der Waals surface area contributed by atoms with Gasteiger partial charge in [-0.15, -0.1) is 0 Å². The van der Waals surface area contributed by atoms with Crippen LogP contribution in [0.3, 0.4) is 0 Å². The second-order valence-electron chi connectivity index (χ2n) is 6.47. The summed E-state index contributed by atoms with van der Waals surface area (Å²) in [5, 5.41) is 0. The Balaban J connectivity index is 2.26. The zero-order valence-electron chi connectivity index (χ0n) is 13.4. The molecular formula is C15H31N3O2S. The third kappa shape index (κ3) is 3.60. The molecule has 0 atom stereocenters. The average Bonchev–Trinajstić information content (AvgIpc) is 2.75. The largest absolute Gasteiger partial charge is 0.329 e. The predicted molar refractivity (Wildman–Crippen MR) is 86.2 cm³/mol. The number of likely N-dealkylation sites (N-methyl/N-ethyl adjacent to an activating group) is 1. The van der Waals surface area contributed by atoms with Crippen LogP contribution in [0.25, 0.3) is 0 Å². The van der Waals surface area contributed by atoms with Crippen molar-refractivity contribution in [1.82, 2.24) is 8.61 Å². The Morgan fingerprint density at radius 1 is 1.00 bits per heavy atom. The first-order chi connectivity index (χ1) is 10.1. The van der Waals surface area contributed by atoms with Gasteiger partial charge in [0.15, 0.2) is 0 Å². The van der Waals surface area contributed by atoms with Crippen molar-refractivity contribution in [3.63, 3.8) is 0 Å². The van der Waals surface area contributed by atoms with Gasteiger partial charge >= 0.3 is 0 Å². The summed E-state index contributed by atoms with van der Waals surface area (Å²) in [6.45, 7) is 4.24. The smallest absolute Gasteiger partial charge is 0.282 e. The average molecular weight is 317 g/mol. The van der Waals surface area contributed by atoms with Gasteiger partial charge in [0.25, 0.3) is 10.2 Å². The van der Waals surface area contributed by atoms with Gasteiger partial charge < -0.3 is 5.73 Å². The van der Waals surface area contributed by atoms with E-state index in [0.29, 0.717) is 26.2 Å². The molecular weight excluding hydrogens is 286 g/mol. The van der Waals surface area contributed by atoms with Crippen LogP contribution in [-0.4, -0.2) is 48.7 Å². The Morgan fingerprint density at radius 3 is 2.00 bits per heavy atom. The van der Waals surface area contributed by atoms with Crippen molar-refractivity contribution < 1.29 is 8.42 Å². The van der Waals surface area contributed by atoms with E-state index in [9.17, 15) is 8.42 Å². The van der Waals surface area contributed by atoms with E-state index in [2.05, 4.69) is 0 Å². The summed E-state index contributed by atoms with van der Waals surface area (Å²) in [7, 11) is -3.37. The van der Waals surface area contributed by atoms with Crippen LogP contribution < -0.4 is 5.73 Å². The van der Waals surface area contributed by atoms with E-state index in [-0.39, 0.29) is 5.54 Å². The van der Waals surface area contributed by atoms with Crippen LogP contribution in [0, 0.1) is 0 Å². The summed E-state index contributed by atoms with van der Waals surface area (Å²) in [5.74, 6) is 0. The maximum absolute atomic E-state index is 13.1. The first-order valence-corrected chi connectivity index (χ1v) is 9.94. The fourth-order valence-electron chi connectivity index (χ4n) is 3.92. The lowest BCUT2D eigenvalue weighted by atomic mass is 9.90. The molecule has 0 aromatic rings. The van der Waals surface area contributed by atoms with Gasteiger partial charge in [0.1, 0.15) is 0 Å². The number of hydrogen-bond acceptors (Lipinski definition) is 3. The zero-order valence-corrected chi connectivity index (χ0v) is 14.2. The van der Waals surface area contributed by atoms with E-state index in [1.54, 1.807) is 8.61 Å². The van der Waals surface area contributed by atoms with Crippen molar-refractivity contribution in [3.8, 4) is 0 Å². The summed E-state index contributed by atoms with van der Waals surface area (Å²) in [4.78, 5) is 0. The quantitative estimate of drug-likeness (QED) is 0.790. The molecule has 124 valence electrons. The SMILES string of the molecule is CCN(C1(CN)CCCCCC1)S(=O)(=O)N1CCCCC1. The van der Waals surface area contributed by atoms with Crippen LogP contribution in [0.2, 0.25) is 0 Å². The highest BCUT2D eigenvalue weighted by atomic mass is 32.2. The highest BCUT2D eigenvalue weighted by molar-refractivity contribution is 7.86. The molecule has 21 heavy (non-hydrogen) atoms. The standard InChI is InChI=1S/C15H31N3O2S/c1-2-18(15(14-16)10-6-3-4-7-11-15)21(19,20)17-12-8-5-9-13-17/h2-14,16H2,1H3. The second kappa shape index (κ2) is 7.40. The Labute approximate surface area is 130 Å². The molecule has 2 fully saturated rings. The van der Waals surface area contributed by atoms with Crippen LogP contribution in [0.15, 0.2) is 0 Å². The monoisotopic (exact) mass is 317 g/mol. The molecule has 0 aromatic carbocycles. The molecule has 6 heteroatoms. The molecule has 0 bridgehead atoms. The van der Waals surface area contributed by atoms with Gasteiger partial charge in [0.2, 0.25) is 0 Å². The maximum Gasteiger partial charge on any atom is 0.282 e. The number of rotatable bonds is 5. The van der Waals surface area contributed by atoms with Gasteiger partial charge in [-0.25, -0.2) is 0 Å². The fourth-order valence-corrected chi connectivity index (χ4v) is 5.99. The third-order valence-corrected chi connectivity index (χ3v) is 7.37.